The maximum Gasteiger partial charge on any atom is 0.343 e. The van der Waals surface area contributed by atoms with E-state index in [0.29, 0.717) is 12.4 Å². The molecule has 20 heavy (non-hydrogen) atoms. The molecular weight excluding hydrogens is 284 g/mol. The van der Waals surface area contributed by atoms with Crippen LogP contribution in [-0.4, -0.2) is 31.6 Å². The van der Waals surface area contributed by atoms with Crippen molar-refractivity contribution in [2.24, 2.45) is 0 Å². The molecule has 0 spiro atoms. The molecule has 0 amide bonds. The molecule has 0 aromatic carbocycles. The number of aryl methyl sites for hydroxylation is 1. The van der Waals surface area contributed by atoms with Gasteiger partial charge in [-0.15, -0.1) is 10.2 Å². The molecule has 106 valence electrons. The van der Waals surface area contributed by atoms with Crippen molar-refractivity contribution in [3.63, 3.8) is 0 Å². The van der Waals surface area contributed by atoms with E-state index in [1.807, 2.05) is 6.92 Å². The molecule has 0 aliphatic rings. The molecule has 0 aliphatic heterocycles. The third kappa shape index (κ3) is 3.20. The summed E-state index contributed by atoms with van der Waals surface area (Å²) in [6.07, 6.45) is 2.09. The van der Waals surface area contributed by atoms with Gasteiger partial charge < -0.3 is 9.73 Å². The fourth-order valence-corrected chi connectivity index (χ4v) is 2.15. The summed E-state index contributed by atoms with van der Waals surface area (Å²) in [7, 11) is 0. The maximum atomic E-state index is 11.2. The second kappa shape index (κ2) is 6.28. The predicted molar refractivity (Wildman–Crippen MR) is 70.6 cm³/mol. The third-order valence-electron chi connectivity index (χ3n) is 2.21. The molecule has 9 nitrogen and oxygen atoms in total. The number of hydrogen-bond acceptors (Lipinski definition) is 9. The van der Waals surface area contributed by atoms with Crippen LogP contribution in [0.3, 0.4) is 0 Å². The largest absolute Gasteiger partial charge is 0.416 e. The third-order valence-corrected chi connectivity index (χ3v) is 3.04. The summed E-state index contributed by atoms with van der Waals surface area (Å²) in [5, 5.41) is 21.9. The molecule has 0 aliphatic carbocycles. The number of rotatable bonds is 6. The Bertz CT molecular complexity index is 617. The van der Waals surface area contributed by atoms with E-state index >= 15 is 0 Å². The van der Waals surface area contributed by atoms with Crippen molar-refractivity contribution in [2.45, 2.75) is 30.5 Å². The molecular formula is C10H12N6O3S. The average molecular weight is 296 g/mol. The number of nitrogens with one attached hydrogen (secondary N) is 1. The Balaban J connectivity index is 2.33. The van der Waals surface area contributed by atoms with Gasteiger partial charge in [-0.1, -0.05) is 6.92 Å². The Kier molecular flexibility index (Phi) is 4.45. The summed E-state index contributed by atoms with van der Waals surface area (Å²) in [6.45, 7) is 4.18. The molecule has 2 aromatic rings. The smallest absolute Gasteiger partial charge is 0.343 e. The van der Waals surface area contributed by atoms with Crippen LogP contribution in [0.25, 0.3) is 0 Å². The fourth-order valence-electron chi connectivity index (χ4n) is 1.38. The quantitative estimate of drug-likeness (QED) is 0.485. The molecule has 0 bridgehead atoms. The van der Waals surface area contributed by atoms with Crippen molar-refractivity contribution >= 4 is 23.3 Å². The summed E-state index contributed by atoms with van der Waals surface area (Å²) >= 11 is 0.938. The zero-order valence-corrected chi connectivity index (χ0v) is 11.7. The van der Waals surface area contributed by atoms with Crippen LogP contribution in [0.1, 0.15) is 19.2 Å². The molecule has 0 radical (unpaired) electrons. The maximum absolute atomic E-state index is 11.2. The first-order valence-corrected chi connectivity index (χ1v) is 6.64. The van der Waals surface area contributed by atoms with Gasteiger partial charge in [0, 0.05) is 13.5 Å². The van der Waals surface area contributed by atoms with Crippen molar-refractivity contribution in [1.82, 2.24) is 20.2 Å². The molecule has 10 heteroatoms. The average Bonchev–Trinajstić information content (AvgIpc) is 2.81. The van der Waals surface area contributed by atoms with E-state index in [2.05, 4.69) is 25.5 Å². The van der Waals surface area contributed by atoms with Gasteiger partial charge in [-0.2, -0.15) is 0 Å². The molecule has 0 atom stereocenters. The number of aromatic nitrogens is 4. The Hall–Kier alpha value is -2.23. The Morgan fingerprint density at radius 3 is 2.85 bits per heavy atom. The number of nitro groups is 1. The van der Waals surface area contributed by atoms with Gasteiger partial charge in [-0.3, -0.25) is 10.1 Å². The van der Waals surface area contributed by atoms with Gasteiger partial charge in [0.2, 0.25) is 11.7 Å². The summed E-state index contributed by atoms with van der Waals surface area (Å²) in [4.78, 5) is 18.5. The lowest BCUT2D eigenvalue weighted by Gasteiger charge is -2.05. The first kappa shape index (κ1) is 14.2. The molecule has 2 rings (SSSR count). The van der Waals surface area contributed by atoms with Crippen molar-refractivity contribution in [1.29, 1.82) is 0 Å². The minimum absolute atomic E-state index is 0.159. The van der Waals surface area contributed by atoms with E-state index in [-0.39, 0.29) is 21.8 Å². The number of anilines is 1. The van der Waals surface area contributed by atoms with Gasteiger partial charge in [0.1, 0.15) is 6.33 Å². The molecule has 1 N–H and O–H groups in total. The van der Waals surface area contributed by atoms with E-state index in [1.165, 1.54) is 6.33 Å². The summed E-state index contributed by atoms with van der Waals surface area (Å²) < 4.78 is 5.18. The van der Waals surface area contributed by atoms with Gasteiger partial charge in [0.15, 0.2) is 5.03 Å². The number of hydrogen-bond donors (Lipinski definition) is 1. The highest BCUT2D eigenvalue weighted by molar-refractivity contribution is 7.99. The molecule has 0 saturated carbocycles. The monoisotopic (exact) mass is 296 g/mol. The second-order valence-electron chi connectivity index (χ2n) is 3.75. The Morgan fingerprint density at radius 1 is 1.45 bits per heavy atom. The second-order valence-corrected chi connectivity index (χ2v) is 4.69. The van der Waals surface area contributed by atoms with Crippen molar-refractivity contribution in [3.8, 4) is 0 Å². The summed E-state index contributed by atoms with van der Waals surface area (Å²) in [6, 6.07) is 0. The molecule has 0 unspecified atom stereocenters. The van der Waals surface area contributed by atoms with Gasteiger partial charge in [-0.05, 0) is 18.2 Å². The lowest BCUT2D eigenvalue weighted by atomic mass is 10.4. The van der Waals surface area contributed by atoms with E-state index in [1.54, 1.807) is 6.92 Å². The summed E-state index contributed by atoms with van der Waals surface area (Å²) in [5.41, 5.74) is -0.193. The Labute approximate surface area is 118 Å². The molecule has 2 aromatic heterocycles. The topological polar surface area (TPSA) is 120 Å². The van der Waals surface area contributed by atoms with Crippen LogP contribution in [0.15, 0.2) is 21.0 Å². The van der Waals surface area contributed by atoms with Crippen LogP contribution in [0, 0.1) is 17.0 Å². The van der Waals surface area contributed by atoms with E-state index < -0.39 is 4.92 Å². The van der Waals surface area contributed by atoms with E-state index in [9.17, 15) is 10.1 Å². The number of nitrogens with zero attached hydrogens (tertiary/aromatic N) is 5. The fraction of sp³-hybridized carbons (Fsp3) is 0.400. The van der Waals surface area contributed by atoms with Crippen molar-refractivity contribution in [3.05, 3.63) is 22.3 Å². The van der Waals surface area contributed by atoms with Crippen LogP contribution in [0.4, 0.5) is 11.5 Å². The highest BCUT2D eigenvalue weighted by Gasteiger charge is 2.25. The molecule has 2 heterocycles. The first-order valence-electron chi connectivity index (χ1n) is 5.83. The minimum Gasteiger partial charge on any atom is -0.416 e. The van der Waals surface area contributed by atoms with Gasteiger partial charge in [0.25, 0.3) is 5.22 Å². The van der Waals surface area contributed by atoms with Crippen LogP contribution in [-0.2, 0) is 0 Å². The summed E-state index contributed by atoms with van der Waals surface area (Å²) in [5.74, 6) is 0.569. The Morgan fingerprint density at radius 2 is 2.25 bits per heavy atom. The highest BCUT2D eigenvalue weighted by atomic mass is 32.2. The van der Waals surface area contributed by atoms with Crippen LogP contribution >= 0.6 is 11.8 Å². The van der Waals surface area contributed by atoms with E-state index in [4.69, 9.17) is 4.42 Å². The highest BCUT2D eigenvalue weighted by Crippen LogP contribution is 2.35. The molecule has 0 fully saturated rings. The normalized spacial score (nSPS) is 10.5. The van der Waals surface area contributed by atoms with Crippen LogP contribution in [0.2, 0.25) is 0 Å². The van der Waals surface area contributed by atoms with E-state index in [0.717, 1.165) is 18.2 Å². The zero-order chi connectivity index (χ0) is 14.5. The van der Waals surface area contributed by atoms with Gasteiger partial charge in [-0.25, -0.2) is 9.97 Å². The lowest BCUT2D eigenvalue weighted by Crippen LogP contribution is -2.07. The zero-order valence-electron chi connectivity index (χ0n) is 10.9. The van der Waals surface area contributed by atoms with Gasteiger partial charge >= 0.3 is 5.69 Å². The predicted octanol–water partition coefficient (Wildman–Crippen LogP) is 2.05. The first-order chi connectivity index (χ1) is 9.61. The van der Waals surface area contributed by atoms with Crippen LogP contribution in [0.5, 0.6) is 0 Å². The molecule has 0 saturated heterocycles. The van der Waals surface area contributed by atoms with Crippen molar-refractivity contribution in [2.75, 3.05) is 11.9 Å². The standard InChI is InChI=1S/C10H12N6O3S/c1-3-4-11-8-7(16(17)18)9(13-5-12-8)20-10-15-14-6(2)19-10/h5H,3-4H2,1-2H3,(H,11,12,13). The van der Waals surface area contributed by atoms with Gasteiger partial charge in [0.05, 0.1) is 4.92 Å². The van der Waals surface area contributed by atoms with Crippen molar-refractivity contribution < 1.29 is 9.34 Å². The lowest BCUT2D eigenvalue weighted by molar-refractivity contribution is -0.387. The van der Waals surface area contributed by atoms with Crippen LogP contribution < -0.4 is 5.32 Å². The SMILES string of the molecule is CCCNc1ncnc(Sc2nnc(C)o2)c1[N+](=O)[O-]. The minimum atomic E-state index is -0.524.